The van der Waals surface area contributed by atoms with Gasteiger partial charge >= 0.3 is 12.1 Å². The monoisotopic (exact) mass is 510 g/mol. The SMILES string of the molecule is COC(=O)c1c(NC(=O)Cc2ccc(Cl)cc2)sc(C(=O)Nc2cccc(C(F)(F)F)c2)c1C. The first-order valence-corrected chi connectivity index (χ1v) is 10.9. The molecule has 0 fully saturated rings. The van der Waals surface area contributed by atoms with Crippen molar-refractivity contribution in [3.8, 4) is 0 Å². The van der Waals surface area contributed by atoms with Gasteiger partial charge < -0.3 is 15.4 Å². The third-order valence-electron chi connectivity index (χ3n) is 4.72. The number of carbonyl (C=O) groups excluding carboxylic acids is 3. The quantitative estimate of drug-likeness (QED) is 0.401. The zero-order valence-electron chi connectivity index (χ0n) is 17.9. The summed E-state index contributed by atoms with van der Waals surface area (Å²) >= 11 is 6.66. The van der Waals surface area contributed by atoms with Gasteiger partial charge in [-0.25, -0.2) is 4.79 Å². The zero-order valence-corrected chi connectivity index (χ0v) is 19.5. The van der Waals surface area contributed by atoms with Crippen LogP contribution in [0.4, 0.5) is 23.9 Å². The predicted molar refractivity (Wildman–Crippen MR) is 124 cm³/mol. The maximum absolute atomic E-state index is 13.0. The Morgan fingerprint density at radius 2 is 1.74 bits per heavy atom. The third kappa shape index (κ3) is 5.95. The highest BCUT2D eigenvalue weighted by atomic mass is 35.5. The lowest BCUT2D eigenvalue weighted by Gasteiger charge is -2.09. The third-order valence-corrected chi connectivity index (χ3v) is 6.18. The Hall–Kier alpha value is -3.37. The van der Waals surface area contributed by atoms with Crippen molar-refractivity contribution in [2.75, 3.05) is 17.7 Å². The van der Waals surface area contributed by atoms with Crippen LogP contribution in [0, 0.1) is 6.92 Å². The molecule has 0 saturated heterocycles. The van der Waals surface area contributed by atoms with Crippen LogP contribution in [0.2, 0.25) is 5.02 Å². The van der Waals surface area contributed by atoms with E-state index in [0.717, 1.165) is 30.6 Å². The molecule has 1 heterocycles. The van der Waals surface area contributed by atoms with Crippen molar-refractivity contribution in [1.29, 1.82) is 0 Å². The van der Waals surface area contributed by atoms with Crippen LogP contribution < -0.4 is 10.6 Å². The number of thiophene rings is 1. The molecule has 2 aromatic carbocycles. The average Bonchev–Trinajstić information content (AvgIpc) is 3.10. The van der Waals surface area contributed by atoms with Crippen LogP contribution in [0.1, 0.15) is 36.7 Å². The first-order valence-electron chi connectivity index (χ1n) is 9.74. The van der Waals surface area contributed by atoms with Crippen LogP contribution in [0.5, 0.6) is 0 Å². The van der Waals surface area contributed by atoms with E-state index >= 15 is 0 Å². The number of esters is 1. The zero-order chi connectivity index (χ0) is 25.0. The van der Waals surface area contributed by atoms with Gasteiger partial charge in [0.05, 0.1) is 29.5 Å². The molecule has 0 bridgehead atoms. The normalized spacial score (nSPS) is 11.1. The highest BCUT2D eigenvalue weighted by molar-refractivity contribution is 7.18. The smallest absolute Gasteiger partial charge is 0.416 e. The number of hydrogen-bond acceptors (Lipinski definition) is 5. The van der Waals surface area contributed by atoms with Gasteiger partial charge in [-0.15, -0.1) is 11.3 Å². The number of ether oxygens (including phenoxy) is 1. The molecule has 0 spiro atoms. The highest BCUT2D eigenvalue weighted by Gasteiger charge is 2.31. The van der Waals surface area contributed by atoms with E-state index in [0.29, 0.717) is 10.6 Å². The number of hydrogen-bond donors (Lipinski definition) is 2. The van der Waals surface area contributed by atoms with Crippen LogP contribution in [-0.2, 0) is 22.1 Å². The summed E-state index contributed by atoms with van der Waals surface area (Å²) in [7, 11) is 1.15. The summed E-state index contributed by atoms with van der Waals surface area (Å²) in [5.74, 6) is -1.95. The van der Waals surface area contributed by atoms with Crippen LogP contribution in [0.15, 0.2) is 48.5 Å². The van der Waals surface area contributed by atoms with E-state index in [1.54, 1.807) is 24.3 Å². The summed E-state index contributed by atoms with van der Waals surface area (Å²) in [6, 6.07) is 10.8. The van der Waals surface area contributed by atoms with E-state index in [9.17, 15) is 27.6 Å². The number of methoxy groups -OCH3 is 1. The lowest BCUT2D eigenvalue weighted by Crippen LogP contribution is -2.16. The Bertz CT molecular complexity index is 1240. The van der Waals surface area contributed by atoms with Gasteiger partial charge in [0.1, 0.15) is 5.00 Å². The van der Waals surface area contributed by atoms with Gasteiger partial charge in [-0.3, -0.25) is 9.59 Å². The van der Waals surface area contributed by atoms with Crippen molar-refractivity contribution >= 4 is 51.4 Å². The molecule has 0 unspecified atom stereocenters. The van der Waals surface area contributed by atoms with E-state index in [1.807, 2.05) is 0 Å². The molecule has 0 aliphatic rings. The molecule has 2 amide bonds. The van der Waals surface area contributed by atoms with Crippen molar-refractivity contribution in [1.82, 2.24) is 0 Å². The lowest BCUT2D eigenvalue weighted by atomic mass is 10.1. The number of rotatable bonds is 6. The van der Waals surface area contributed by atoms with E-state index in [-0.39, 0.29) is 33.1 Å². The molecule has 0 saturated carbocycles. The fourth-order valence-electron chi connectivity index (χ4n) is 3.09. The van der Waals surface area contributed by atoms with Gasteiger partial charge in [-0.05, 0) is 48.4 Å². The second-order valence-electron chi connectivity index (χ2n) is 7.14. The van der Waals surface area contributed by atoms with Gasteiger partial charge in [-0.2, -0.15) is 13.2 Å². The van der Waals surface area contributed by atoms with E-state index < -0.39 is 29.5 Å². The number of halogens is 4. The molecule has 0 radical (unpaired) electrons. The van der Waals surface area contributed by atoms with Gasteiger partial charge in [0.2, 0.25) is 5.91 Å². The molecule has 11 heteroatoms. The summed E-state index contributed by atoms with van der Waals surface area (Å²) in [5, 5.41) is 5.63. The summed E-state index contributed by atoms with van der Waals surface area (Å²) in [4.78, 5) is 37.8. The van der Waals surface area contributed by atoms with Crippen molar-refractivity contribution in [3.63, 3.8) is 0 Å². The molecule has 0 aliphatic carbocycles. The fraction of sp³-hybridized carbons (Fsp3) is 0.174. The number of benzene rings is 2. The standard InChI is InChI=1S/C23H18ClF3N2O4S/c1-12-18(22(32)33-2)21(29-17(30)10-13-6-8-15(24)9-7-13)34-19(12)20(31)28-16-5-3-4-14(11-16)23(25,26)27/h3-9,11H,10H2,1-2H3,(H,28,31)(H,29,30). The van der Waals surface area contributed by atoms with Crippen LogP contribution in [0.3, 0.4) is 0 Å². The van der Waals surface area contributed by atoms with E-state index in [4.69, 9.17) is 16.3 Å². The number of alkyl halides is 3. The van der Waals surface area contributed by atoms with Gasteiger partial charge in [-0.1, -0.05) is 29.8 Å². The van der Waals surface area contributed by atoms with Crippen LogP contribution in [-0.4, -0.2) is 24.9 Å². The Balaban J connectivity index is 1.86. The van der Waals surface area contributed by atoms with Gasteiger partial charge in [0.15, 0.2) is 0 Å². The highest BCUT2D eigenvalue weighted by Crippen LogP contribution is 2.35. The predicted octanol–water partition coefficient (Wildman–Crippen LogP) is 5.95. The van der Waals surface area contributed by atoms with E-state index in [1.165, 1.54) is 19.1 Å². The van der Waals surface area contributed by atoms with Crippen LogP contribution in [0.25, 0.3) is 0 Å². The molecular formula is C23H18ClF3N2O4S. The Labute approximate surface area is 201 Å². The molecule has 0 aliphatic heterocycles. The number of nitrogens with one attached hydrogen (secondary N) is 2. The summed E-state index contributed by atoms with van der Waals surface area (Å²) < 4.78 is 43.7. The summed E-state index contributed by atoms with van der Waals surface area (Å²) in [5.41, 5.74) is -0.0919. The second kappa shape index (κ2) is 10.3. The Kier molecular flexibility index (Phi) is 7.63. The molecular weight excluding hydrogens is 493 g/mol. The minimum absolute atomic E-state index is 0.00820. The molecule has 6 nitrogen and oxygen atoms in total. The van der Waals surface area contributed by atoms with Crippen molar-refractivity contribution in [2.45, 2.75) is 19.5 Å². The van der Waals surface area contributed by atoms with Crippen molar-refractivity contribution in [2.24, 2.45) is 0 Å². The van der Waals surface area contributed by atoms with Crippen molar-refractivity contribution < 1.29 is 32.3 Å². The maximum Gasteiger partial charge on any atom is 0.416 e. The fourth-order valence-corrected chi connectivity index (χ4v) is 4.32. The summed E-state index contributed by atoms with van der Waals surface area (Å²) in [6.07, 6.45) is -4.58. The number of carbonyl (C=O) groups is 3. The van der Waals surface area contributed by atoms with Crippen molar-refractivity contribution in [3.05, 3.63) is 80.7 Å². The number of amides is 2. The largest absolute Gasteiger partial charge is 0.465 e. The molecule has 3 rings (SSSR count). The van der Waals surface area contributed by atoms with Gasteiger partial charge in [0, 0.05) is 10.7 Å². The molecule has 1 aromatic heterocycles. The molecule has 34 heavy (non-hydrogen) atoms. The maximum atomic E-state index is 13.0. The minimum Gasteiger partial charge on any atom is -0.465 e. The molecule has 2 N–H and O–H groups in total. The lowest BCUT2D eigenvalue weighted by molar-refractivity contribution is -0.137. The Morgan fingerprint density at radius 3 is 2.35 bits per heavy atom. The average molecular weight is 511 g/mol. The molecule has 0 atom stereocenters. The van der Waals surface area contributed by atoms with Gasteiger partial charge in [0.25, 0.3) is 5.91 Å². The minimum atomic E-state index is -4.57. The van der Waals surface area contributed by atoms with Crippen LogP contribution >= 0.6 is 22.9 Å². The Morgan fingerprint density at radius 1 is 1.06 bits per heavy atom. The summed E-state index contributed by atoms with van der Waals surface area (Å²) in [6.45, 7) is 1.48. The number of anilines is 2. The molecule has 3 aromatic rings. The van der Waals surface area contributed by atoms with E-state index in [2.05, 4.69) is 10.6 Å². The second-order valence-corrected chi connectivity index (χ2v) is 8.59. The topological polar surface area (TPSA) is 84.5 Å². The first-order chi connectivity index (χ1) is 16.0. The molecule has 178 valence electrons. The first kappa shape index (κ1) is 25.3.